The maximum absolute atomic E-state index is 12.2. The number of Topliss-reactive ketones (excluding diaryl/α,β-unsaturated/α-hetero) is 1. The van der Waals surface area contributed by atoms with E-state index >= 15 is 0 Å². The Balaban J connectivity index is 2.09. The van der Waals surface area contributed by atoms with Gasteiger partial charge in [-0.2, -0.15) is 0 Å². The summed E-state index contributed by atoms with van der Waals surface area (Å²) in [5.74, 6) is -0.841. The van der Waals surface area contributed by atoms with Crippen molar-refractivity contribution in [1.29, 1.82) is 0 Å². The van der Waals surface area contributed by atoms with Crippen LogP contribution in [-0.4, -0.2) is 30.6 Å². The van der Waals surface area contributed by atoms with E-state index in [2.05, 4.69) is 5.16 Å². The zero-order valence-corrected chi connectivity index (χ0v) is 14.8. The molecule has 2 aromatic carbocycles. The molecule has 0 bridgehead atoms. The predicted octanol–water partition coefficient (Wildman–Crippen LogP) is 3.94. The maximum Gasteiger partial charge on any atom is 0.361 e. The predicted molar refractivity (Wildman–Crippen MR) is 95.3 cm³/mol. The van der Waals surface area contributed by atoms with Crippen molar-refractivity contribution in [3.05, 3.63) is 65.0 Å². The Kier molecular flexibility index (Phi) is 5.14. The third kappa shape index (κ3) is 3.23. The second kappa shape index (κ2) is 7.49. The molecule has 0 aliphatic heterocycles. The quantitative estimate of drug-likeness (QED) is 0.493. The molecule has 1 heterocycles. The summed E-state index contributed by atoms with van der Waals surface area (Å²) in [6.45, 7) is 3.21. The number of carbonyl (C=O) groups is 2. The molecule has 1 aromatic heterocycles. The van der Waals surface area contributed by atoms with Crippen LogP contribution in [-0.2, 0) is 9.47 Å². The normalized spacial score (nSPS) is 12.1. The topological polar surface area (TPSA) is 78.6 Å². The zero-order valence-electron chi connectivity index (χ0n) is 14.8. The van der Waals surface area contributed by atoms with Gasteiger partial charge in [-0.1, -0.05) is 41.6 Å². The van der Waals surface area contributed by atoms with E-state index in [9.17, 15) is 9.59 Å². The van der Waals surface area contributed by atoms with Crippen LogP contribution in [0, 0.1) is 0 Å². The lowest BCUT2D eigenvalue weighted by atomic mass is 9.98. The maximum atomic E-state index is 12.2. The number of rotatable bonds is 6. The van der Waals surface area contributed by atoms with E-state index in [0.29, 0.717) is 0 Å². The van der Waals surface area contributed by atoms with Gasteiger partial charge in [-0.25, -0.2) is 4.79 Å². The monoisotopic (exact) mass is 353 g/mol. The summed E-state index contributed by atoms with van der Waals surface area (Å²) in [7, 11) is 1.51. The summed E-state index contributed by atoms with van der Waals surface area (Å²) in [5.41, 5.74) is 0.751. The molecule has 0 aliphatic carbocycles. The molecule has 0 saturated heterocycles. The fraction of sp³-hybridized carbons (Fsp3) is 0.250. The highest BCUT2D eigenvalue weighted by Gasteiger charge is 2.31. The second-order valence-corrected chi connectivity index (χ2v) is 5.77. The van der Waals surface area contributed by atoms with Crippen LogP contribution < -0.4 is 0 Å². The molecule has 0 spiro atoms. The lowest BCUT2D eigenvalue weighted by molar-refractivity contribution is 0.0511. The van der Waals surface area contributed by atoms with E-state index in [0.717, 1.165) is 16.3 Å². The highest BCUT2D eigenvalue weighted by molar-refractivity contribution is 6.05. The number of benzene rings is 2. The smallest absolute Gasteiger partial charge is 0.361 e. The van der Waals surface area contributed by atoms with Gasteiger partial charge in [0.2, 0.25) is 5.69 Å². The lowest BCUT2D eigenvalue weighted by Crippen LogP contribution is -2.13. The van der Waals surface area contributed by atoms with Crippen molar-refractivity contribution in [3.8, 4) is 0 Å². The molecule has 0 saturated carbocycles. The summed E-state index contributed by atoms with van der Waals surface area (Å²) in [4.78, 5) is 24.2. The van der Waals surface area contributed by atoms with Gasteiger partial charge < -0.3 is 14.0 Å². The Morgan fingerprint density at radius 3 is 2.54 bits per heavy atom. The summed E-state index contributed by atoms with van der Waals surface area (Å²) in [5, 5.41) is 5.88. The number of ether oxygens (including phenoxy) is 2. The van der Waals surface area contributed by atoms with Gasteiger partial charge in [-0.15, -0.1) is 0 Å². The van der Waals surface area contributed by atoms with Gasteiger partial charge in [0, 0.05) is 7.11 Å². The number of nitrogens with zero attached hydrogens (tertiary/aromatic N) is 1. The van der Waals surface area contributed by atoms with Gasteiger partial charge in [-0.05, 0) is 36.2 Å². The van der Waals surface area contributed by atoms with Crippen molar-refractivity contribution in [1.82, 2.24) is 5.16 Å². The second-order valence-electron chi connectivity index (χ2n) is 5.77. The molecule has 1 unspecified atom stereocenters. The Morgan fingerprint density at radius 1 is 1.15 bits per heavy atom. The highest BCUT2D eigenvalue weighted by Crippen LogP contribution is 2.32. The summed E-state index contributed by atoms with van der Waals surface area (Å²) >= 11 is 0. The first-order chi connectivity index (χ1) is 12.6. The standard InChI is InChI=1S/C20H19NO5/c1-4-25-20(23)17-16(12(2)22)19(26-21-17)18(24-3)15-10-9-13-7-5-6-8-14(13)11-15/h5-11,18H,4H2,1-3H3. The average molecular weight is 353 g/mol. The van der Waals surface area contributed by atoms with Gasteiger partial charge in [0.15, 0.2) is 11.5 Å². The summed E-state index contributed by atoms with van der Waals surface area (Å²) in [6, 6.07) is 13.7. The molecule has 0 amide bonds. The fourth-order valence-corrected chi connectivity index (χ4v) is 2.93. The van der Waals surface area contributed by atoms with Crippen LogP contribution in [0.3, 0.4) is 0 Å². The summed E-state index contributed by atoms with van der Waals surface area (Å²) in [6.07, 6.45) is -0.672. The molecule has 134 valence electrons. The Hall–Kier alpha value is -2.99. The number of hydrogen-bond acceptors (Lipinski definition) is 6. The Labute approximate surface area is 150 Å². The molecular formula is C20H19NO5. The summed E-state index contributed by atoms with van der Waals surface area (Å²) < 4.78 is 15.9. The molecule has 26 heavy (non-hydrogen) atoms. The van der Waals surface area contributed by atoms with Crippen LogP contribution in [0.2, 0.25) is 0 Å². The molecule has 6 heteroatoms. The molecule has 0 aliphatic rings. The first-order valence-corrected chi connectivity index (χ1v) is 8.26. The van der Waals surface area contributed by atoms with Crippen LogP contribution in [0.4, 0.5) is 0 Å². The molecule has 6 nitrogen and oxygen atoms in total. The fourth-order valence-electron chi connectivity index (χ4n) is 2.93. The third-order valence-corrected chi connectivity index (χ3v) is 4.09. The van der Waals surface area contributed by atoms with Crippen LogP contribution in [0.5, 0.6) is 0 Å². The SMILES string of the molecule is CCOC(=O)c1noc(C(OC)c2ccc3ccccc3c2)c1C(C)=O. The van der Waals surface area contributed by atoms with Gasteiger partial charge in [-0.3, -0.25) is 4.79 Å². The van der Waals surface area contributed by atoms with Crippen LogP contribution in [0.25, 0.3) is 10.8 Å². The van der Waals surface area contributed by atoms with Crippen molar-refractivity contribution >= 4 is 22.5 Å². The van der Waals surface area contributed by atoms with Gasteiger partial charge >= 0.3 is 5.97 Å². The van der Waals surface area contributed by atoms with Gasteiger partial charge in [0.25, 0.3) is 0 Å². The minimum Gasteiger partial charge on any atom is -0.461 e. The highest BCUT2D eigenvalue weighted by atomic mass is 16.5. The first kappa shape index (κ1) is 17.8. The van der Waals surface area contributed by atoms with E-state index in [4.69, 9.17) is 14.0 Å². The third-order valence-electron chi connectivity index (χ3n) is 4.09. The van der Waals surface area contributed by atoms with E-state index < -0.39 is 12.1 Å². The van der Waals surface area contributed by atoms with Crippen molar-refractivity contribution in [3.63, 3.8) is 0 Å². The Bertz CT molecular complexity index is 960. The lowest BCUT2D eigenvalue weighted by Gasteiger charge is -2.14. The van der Waals surface area contributed by atoms with Gasteiger partial charge in [0.1, 0.15) is 6.10 Å². The molecule has 1 atom stereocenters. The van der Waals surface area contributed by atoms with Crippen molar-refractivity contribution in [2.75, 3.05) is 13.7 Å². The van der Waals surface area contributed by atoms with E-state index in [1.165, 1.54) is 14.0 Å². The van der Waals surface area contributed by atoms with Crippen LogP contribution >= 0.6 is 0 Å². The van der Waals surface area contributed by atoms with E-state index in [-0.39, 0.29) is 29.4 Å². The van der Waals surface area contributed by atoms with Crippen molar-refractivity contribution in [2.45, 2.75) is 20.0 Å². The zero-order chi connectivity index (χ0) is 18.7. The first-order valence-electron chi connectivity index (χ1n) is 8.26. The number of aromatic nitrogens is 1. The van der Waals surface area contributed by atoms with Crippen molar-refractivity contribution in [2.24, 2.45) is 0 Å². The number of fused-ring (bicyclic) bond motifs is 1. The average Bonchev–Trinajstić information content (AvgIpc) is 3.07. The van der Waals surface area contributed by atoms with Crippen LogP contribution in [0.1, 0.15) is 52.1 Å². The van der Waals surface area contributed by atoms with E-state index in [1.54, 1.807) is 6.92 Å². The minimum atomic E-state index is -0.693. The number of ketones is 1. The van der Waals surface area contributed by atoms with Gasteiger partial charge in [0.05, 0.1) is 12.2 Å². The molecular weight excluding hydrogens is 334 g/mol. The van der Waals surface area contributed by atoms with E-state index in [1.807, 2.05) is 42.5 Å². The van der Waals surface area contributed by atoms with Crippen molar-refractivity contribution < 1.29 is 23.6 Å². The molecule has 0 radical (unpaired) electrons. The molecule has 0 N–H and O–H groups in total. The number of carbonyl (C=O) groups excluding carboxylic acids is 2. The molecule has 0 fully saturated rings. The molecule has 3 rings (SSSR count). The minimum absolute atomic E-state index is 0.0865. The largest absolute Gasteiger partial charge is 0.461 e. The van der Waals surface area contributed by atoms with Crippen LogP contribution in [0.15, 0.2) is 47.0 Å². The Morgan fingerprint density at radius 2 is 1.88 bits per heavy atom. The number of esters is 1. The number of methoxy groups -OCH3 is 1. The molecule has 3 aromatic rings. The number of hydrogen-bond donors (Lipinski definition) is 0.